The Balaban J connectivity index is 2.00. The molecule has 2 aliphatic heterocycles. The van der Waals surface area contributed by atoms with Gasteiger partial charge in [-0.1, -0.05) is 0 Å². The molecule has 2 rings (SSSR count). The Labute approximate surface area is 77.5 Å². The summed E-state index contributed by atoms with van der Waals surface area (Å²) >= 11 is 0. The summed E-state index contributed by atoms with van der Waals surface area (Å²) in [5.41, 5.74) is 0. The summed E-state index contributed by atoms with van der Waals surface area (Å²) in [6.45, 7) is 1.04. The Morgan fingerprint density at radius 2 is 1.38 bits per heavy atom. The topological polar surface area (TPSA) is 58.9 Å². The second kappa shape index (κ2) is 3.53. The van der Waals surface area contributed by atoms with E-state index in [2.05, 4.69) is 0 Å². The van der Waals surface area contributed by atoms with Crippen LogP contribution < -0.4 is 0 Å². The molecule has 4 heteroatoms. The van der Waals surface area contributed by atoms with E-state index in [4.69, 9.17) is 9.47 Å². The lowest BCUT2D eigenvalue weighted by atomic mass is 9.94. The molecule has 0 aromatic rings. The Morgan fingerprint density at radius 1 is 0.923 bits per heavy atom. The van der Waals surface area contributed by atoms with Crippen LogP contribution in [-0.4, -0.2) is 41.4 Å². The Bertz CT molecular complexity index is 162. The highest BCUT2D eigenvalue weighted by molar-refractivity contribution is 4.84. The molecule has 0 aromatic heterocycles. The number of rotatable bonds is 0. The van der Waals surface area contributed by atoms with E-state index in [1.807, 2.05) is 0 Å². The van der Waals surface area contributed by atoms with Crippen molar-refractivity contribution in [2.75, 3.05) is 13.2 Å². The first-order valence-electron chi connectivity index (χ1n) is 4.84. The maximum absolute atomic E-state index is 9.47. The van der Waals surface area contributed by atoms with Crippen LogP contribution in [-0.2, 0) is 9.47 Å². The van der Waals surface area contributed by atoms with Crippen molar-refractivity contribution in [2.24, 2.45) is 0 Å². The molecule has 4 nitrogen and oxygen atoms in total. The van der Waals surface area contributed by atoms with Crippen LogP contribution in [0.4, 0.5) is 0 Å². The van der Waals surface area contributed by atoms with Gasteiger partial charge in [0.2, 0.25) is 0 Å². The third kappa shape index (κ3) is 2.02. The number of aliphatic hydroxyl groups excluding tert-OH is 2. The second-order valence-corrected chi connectivity index (χ2v) is 3.90. The van der Waals surface area contributed by atoms with E-state index >= 15 is 0 Å². The normalized spacial score (nSPS) is 46.6. The van der Waals surface area contributed by atoms with Gasteiger partial charge in [0.25, 0.3) is 0 Å². The summed E-state index contributed by atoms with van der Waals surface area (Å²) < 4.78 is 11.0. The third-order valence-electron chi connectivity index (χ3n) is 2.73. The van der Waals surface area contributed by atoms with E-state index in [0.29, 0.717) is 38.9 Å². The first-order valence-corrected chi connectivity index (χ1v) is 4.84. The van der Waals surface area contributed by atoms with Gasteiger partial charge < -0.3 is 19.7 Å². The largest absolute Gasteiger partial charge is 0.393 e. The molecular weight excluding hydrogens is 172 g/mol. The SMILES string of the molecule is O[C@@H]1CCOC2(C1)C[C@@H](O)CCO2. The Hall–Kier alpha value is -0.160. The lowest BCUT2D eigenvalue weighted by molar-refractivity contribution is -0.299. The molecule has 2 fully saturated rings. The van der Waals surface area contributed by atoms with Crippen molar-refractivity contribution in [1.82, 2.24) is 0 Å². The number of hydrogen-bond donors (Lipinski definition) is 2. The summed E-state index contributed by atoms with van der Waals surface area (Å²) in [6.07, 6.45) is 1.62. The van der Waals surface area contributed by atoms with Crippen molar-refractivity contribution >= 4 is 0 Å². The van der Waals surface area contributed by atoms with Gasteiger partial charge in [0.05, 0.1) is 25.4 Å². The second-order valence-electron chi connectivity index (χ2n) is 3.90. The van der Waals surface area contributed by atoms with Crippen LogP contribution in [0.3, 0.4) is 0 Å². The molecule has 2 heterocycles. The Kier molecular flexibility index (Phi) is 2.55. The molecular formula is C9H16O4. The monoisotopic (exact) mass is 188 g/mol. The molecule has 0 radical (unpaired) electrons. The maximum Gasteiger partial charge on any atom is 0.173 e. The highest BCUT2D eigenvalue weighted by Gasteiger charge is 2.42. The molecule has 0 amide bonds. The van der Waals surface area contributed by atoms with Crippen molar-refractivity contribution in [2.45, 2.75) is 43.7 Å². The molecule has 2 saturated heterocycles. The van der Waals surface area contributed by atoms with Crippen molar-refractivity contribution < 1.29 is 19.7 Å². The molecule has 0 bridgehead atoms. The molecule has 2 aliphatic rings. The summed E-state index contributed by atoms with van der Waals surface area (Å²) in [5.74, 6) is -0.699. The Morgan fingerprint density at radius 3 is 1.77 bits per heavy atom. The van der Waals surface area contributed by atoms with Crippen LogP contribution in [0.1, 0.15) is 25.7 Å². The van der Waals surface area contributed by atoms with E-state index in [-0.39, 0.29) is 12.2 Å². The molecule has 0 aromatic carbocycles. The van der Waals surface area contributed by atoms with Crippen molar-refractivity contribution in [3.05, 3.63) is 0 Å². The van der Waals surface area contributed by atoms with Gasteiger partial charge in [-0.2, -0.15) is 0 Å². The highest BCUT2D eigenvalue weighted by Crippen LogP contribution is 2.34. The summed E-state index contributed by atoms with van der Waals surface area (Å²) in [6, 6.07) is 0. The minimum absolute atomic E-state index is 0.348. The van der Waals surface area contributed by atoms with Gasteiger partial charge in [-0.3, -0.25) is 0 Å². The summed E-state index contributed by atoms with van der Waals surface area (Å²) in [5, 5.41) is 18.9. The van der Waals surface area contributed by atoms with Crippen LogP contribution in [0.15, 0.2) is 0 Å². The summed E-state index contributed by atoms with van der Waals surface area (Å²) in [4.78, 5) is 0. The fraction of sp³-hybridized carbons (Fsp3) is 1.00. The molecule has 3 atom stereocenters. The van der Waals surface area contributed by atoms with Crippen LogP contribution in [0.5, 0.6) is 0 Å². The molecule has 13 heavy (non-hydrogen) atoms. The van der Waals surface area contributed by atoms with Gasteiger partial charge in [-0.25, -0.2) is 0 Å². The third-order valence-corrected chi connectivity index (χ3v) is 2.73. The van der Waals surface area contributed by atoms with Gasteiger partial charge >= 0.3 is 0 Å². The first kappa shape index (κ1) is 9.40. The molecule has 0 aliphatic carbocycles. The number of aliphatic hydroxyl groups is 2. The smallest absolute Gasteiger partial charge is 0.173 e. The van der Waals surface area contributed by atoms with E-state index in [0.717, 1.165) is 0 Å². The van der Waals surface area contributed by atoms with E-state index in [1.54, 1.807) is 0 Å². The zero-order chi connectivity index (χ0) is 9.31. The minimum atomic E-state index is -0.699. The molecule has 2 N–H and O–H groups in total. The van der Waals surface area contributed by atoms with Gasteiger partial charge in [0.1, 0.15) is 0 Å². The van der Waals surface area contributed by atoms with Gasteiger partial charge in [0, 0.05) is 12.8 Å². The molecule has 76 valence electrons. The molecule has 1 spiro atoms. The lowest BCUT2D eigenvalue weighted by Crippen LogP contribution is -2.49. The number of hydrogen-bond acceptors (Lipinski definition) is 4. The summed E-state index contributed by atoms with van der Waals surface area (Å²) in [7, 11) is 0. The highest BCUT2D eigenvalue weighted by atomic mass is 16.7. The zero-order valence-corrected chi connectivity index (χ0v) is 7.61. The van der Waals surface area contributed by atoms with Crippen LogP contribution >= 0.6 is 0 Å². The predicted octanol–water partition coefficient (Wildman–Crippen LogP) is 0.0253. The fourth-order valence-electron chi connectivity index (χ4n) is 2.04. The standard InChI is InChI=1S/C9H16O4/c10-7-1-3-12-9(5-7)6-8(11)2-4-13-9/h7-8,10-11H,1-6H2/t7-,8+,9?. The average molecular weight is 188 g/mol. The van der Waals surface area contributed by atoms with Crippen molar-refractivity contribution in [3.8, 4) is 0 Å². The van der Waals surface area contributed by atoms with Crippen LogP contribution in [0.2, 0.25) is 0 Å². The lowest BCUT2D eigenvalue weighted by Gasteiger charge is -2.43. The van der Waals surface area contributed by atoms with Gasteiger partial charge in [-0.05, 0) is 12.8 Å². The quantitative estimate of drug-likeness (QED) is 0.563. The maximum atomic E-state index is 9.47. The molecule has 0 saturated carbocycles. The van der Waals surface area contributed by atoms with Crippen LogP contribution in [0, 0.1) is 0 Å². The van der Waals surface area contributed by atoms with Gasteiger partial charge in [-0.15, -0.1) is 0 Å². The zero-order valence-electron chi connectivity index (χ0n) is 7.61. The van der Waals surface area contributed by atoms with Gasteiger partial charge in [0.15, 0.2) is 5.79 Å². The predicted molar refractivity (Wildman–Crippen MR) is 45.1 cm³/mol. The van der Waals surface area contributed by atoms with E-state index in [1.165, 1.54) is 0 Å². The van der Waals surface area contributed by atoms with Crippen molar-refractivity contribution in [1.29, 1.82) is 0 Å². The molecule has 1 unspecified atom stereocenters. The minimum Gasteiger partial charge on any atom is -0.393 e. The average Bonchev–Trinajstić information content (AvgIpc) is 2.02. The number of ether oxygens (including phenoxy) is 2. The van der Waals surface area contributed by atoms with E-state index in [9.17, 15) is 10.2 Å². The van der Waals surface area contributed by atoms with Crippen LogP contribution in [0.25, 0.3) is 0 Å². The van der Waals surface area contributed by atoms with E-state index < -0.39 is 5.79 Å². The first-order chi connectivity index (χ1) is 6.20. The fourth-order valence-corrected chi connectivity index (χ4v) is 2.04. The van der Waals surface area contributed by atoms with Crippen molar-refractivity contribution in [3.63, 3.8) is 0 Å².